The van der Waals surface area contributed by atoms with Crippen LogP contribution in [0.3, 0.4) is 0 Å². The van der Waals surface area contributed by atoms with Gasteiger partial charge in [0.05, 0.1) is 16.3 Å². The summed E-state index contributed by atoms with van der Waals surface area (Å²) >= 11 is 7.29. The van der Waals surface area contributed by atoms with Crippen molar-refractivity contribution in [3.8, 4) is 0 Å². The molecular weight excluding hydrogens is 376 g/mol. The molecule has 2 rings (SSSR count). The number of aryl methyl sites for hydroxylation is 1. The molecule has 2 aromatic rings. The second kappa shape index (κ2) is 8.33. The highest BCUT2D eigenvalue weighted by Gasteiger charge is 2.25. The minimum atomic E-state index is -1.04. The summed E-state index contributed by atoms with van der Waals surface area (Å²) < 4.78 is 5.29. The molecule has 0 aliphatic carbocycles. The molecule has 0 spiro atoms. The molecule has 138 valence electrons. The van der Waals surface area contributed by atoms with E-state index in [0.29, 0.717) is 21.3 Å². The summed E-state index contributed by atoms with van der Waals surface area (Å²) in [5.41, 5.74) is 1.41. The van der Waals surface area contributed by atoms with Crippen LogP contribution < -0.4 is 10.6 Å². The van der Waals surface area contributed by atoms with Gasteiger partial charge in [0, 0.05) is 11.8 Å². The normalized spacial score (nSPS) is 11.6. The fourth-order valence-corrected chi connectivity index (χ4v) is 3.47. The third-order valence-electron chi connectivity index (χ3n) is 3.66. The van der Waals surface area contributed by atoms with Crippen molar-refractivity contribution in [3.63, 3.8) is 0 Å². The lowest BCUT2D eigenvalue weighted by molar-refractivity contribution is -0.123. The van der Waals surface area contributed by atoms with Crippen LogP contribution in [0.15, 0.2) is 24.3 Å². The highest BCUT2D eigenvalue weighted by Crippen LogP contribution is 2.33. The van der Waals surface area contributed by atoms with Gasteiger partial charge in [0.1, 0.15) is 5.00 Å². The van der Waals surface area contributed by atoms with Gasteiger partial charge in [-0.05, 0) is 38.5 Å². The van der Waals surface area contributed by atoms with Crippen LogP contribution in [0.1, 0.15) is 34.6 Å². The minimum absolute atomic E-state index is 0.264. The van der Waals surface area contributed by atoms with E-state index < -0.39 is 18.0 Å². The van der Waals surface area contributed by atoms with Crippen molar-refractivity contribution >= 4 is 51.4 Å². The van der Waals surface area contributed by atoms with Gasteiger partial charge in [-0.15, -0.1) is 11.3 Å². The Balaban J connectivity index is 2.13. The van der Waals surface area contributed by atoms with Crippen molar-refractivity contribution in [1.82, 2.24) is 0 Å². The number of rotatable bonds is 5. The Bertz CT molecular complexity index is 863. The quantitative estimate of drug-likeness (QED) is 0.745. The van der Waals surface area contributed by atoms with Crippen molar-refractivity contribution in [2.45, 2.75) is 33.8 Å². The zero-order valence-corrected chi connectivity index (χ0v) is 16.4. The van der Waals surface area contributed by atoms with Crippen molar-refractivity contribution in [2.24, 2.45) is 0 Å². The van der Waals surface area contributed by atoms with Crippen LogP contribution in [0.25, 0.3) is 0 Å². The number of halogens is 1. The number of ether oxygens (including phenoxy) is 1. The molecule has 8 heteroatoms. The van der Waals surface area contributed by atoms with Crippen molar-refractivity contribution < 1.29 is 19.1 Å². The van der Waals surface area contributed by atoms with Gasteiger partial charge < -0.3 is 15.4 Å². The standard InChI is InChI=1S/C18H19ClN2O4S/c1-9-11(3)26-17(20-12(4)22)15(9)18(24)25-10(2)16(23)21-14-8-6-5-7-13(14)19/h5-8,10H,1-4H3,(H,20,22)(H,21,23)/t10-/m1/s1. The van der Waals surface area contributed by atoms with Crippen LogP contribution >= 0.6 is 22.9 Å². The first-order chi connectivity index (χ1) is 12.2. The highest BCUT2D eigenvalue weighted by atomic mass is 35.5. The Morgan fingerprint density at radius 1 is 1.15 bits per heavy atom. The maximum atomic E-state index is 12.5. The van der Waals surface area contributed by atoms with Crippen molar-refractivity contribution in [2.75, 3.05) is 10.6 Å². The molecule has 1 atom stereocenters. The fraction of sp³-hybridized carbons (Fsp3) is 0.278. The zero-order chi connectivity index (χ0) is 19.4. The molecule has 0 aliphatic heterocycles. The molecule has 0 aliphatic rings. The number of thiophene rings is 1. The molecule has 0 radical (unpaired) electrons. The molecule has 2 amide bonds. The summed E-state index contributed by atoms with van der Waals surface area (Å²) in [7, 11) is 0. The van der Waals surface area contributed by atoms with Gasteiger partial charge in [-0.3, -0.25) is 9.59 Å². The molecule has 0 bridgehead atoms. The maximum Gasteiger partial charge on any atom is 0.342 e. The van der Waals surface area contributed by atoms with E-state index >= 15 is 0 Å². The summed E-state index contributed by atoms with van der Waals surface area (Å²) in [4.78, 5) is 37.0. The number of carbonyl (C=O) groups excluding carboxylic acids is 3. The van der Waals surface area contributed by atoms with E-state index in [9.17, 15) is 14.4 Å². The summed E-state index contributed by atoms with van der Waals surface area (Å²) in [5, 5.41) is 6.04. The lowest BCUT2D eigenvalue weighted by Gasteiger charge is -2.15. The smallest absolute Gasteiger partial charge is 0.342 e. The van der Waals surface area contributed by atoms with Gasteiger partial charge >= 0.3 is 5.97 Å². The Hall–Kier alpha value is -2.38. The average Bonchev–Trinajstić information content (AvgIpc) is 2.82. The Morgan fingerprint density at radius 2 is 1.81 bits per heavy atom. The van der Waals surface area contributed by atoms with Crippen molar-refractivity contribution in [3.05, 3.63) is 45.3 Å². The SMILES string of the molecule is CC(=O)Nc1sc(C)c(C)c1C(=O)O[C@H](C)C(=O)Nc1ccccc1Cl. The molecule has 6 nitrogen and oxygen atoms in total. The van der Waals surface area contributed by atoms with E-state index in [2.05, 4.69) is 10.6 Å². The zero-order valence-electron chi connectivity index (χ0n) is 14.8. The predicted molar refractivity (Wildman–Crippen MR) is 103 cm³/mol. The summed E-state index contributed by atoms with van der Waals surface area (Å²) in [6, 6.07) is 6.77. The molecule has 1 aromatic heterocycles. The van der Waals surface area contributed by atoms with E-state index in [1.165, 1.54) is 25.2 Å². The largest absolute Gasteiger partial charge is 0.449 e. The van der Waals surface area contributed by atoms with E-state index in [4.69, 9.17) is 16.3 Å². The molecule has 1 heterocycles. The fourth-order valence-electron chi connectivity index (χ4n) is 2.19. The van der Waals surface area contributed by atoms with E-state index in [1.807, 2.05) is 6.92 Å². The number of anilines is 2. The van der Waals surface area contributed by atoms with Gasteiger partial charge in [-0.25, -0.2) is 4.79 Å². The molecular formula is C18H19ClN2O4S. The predicted octanol–water partition coefficient (Wildman–Crippen LogP) is 4.16. The molecule has 0 unspecified atom stereocenters. The monoisotopic (exact) mass is 394 g/mol. The van der Waals surface area contributed by atoms with Crippen LogP contribution in [0.2, 0.25) is 5.02 Å². The first-order valence-electron chi connectivity index (χ1n) is 7.84. The van der Waals surface area contributed by atoms with Crippen LogP contribution in [0.5, 0.6) is 0 Å². The van der Waals surface area contributed by atoms with Gasteiger partial charge in [0.2, 0.25) is 5.91 Å². The molecule has 0 saturated carbocycles. The second-order valence-electron chi connectivity index (χ2n) is 5.69. The lowest BCUT2D eigenvalue weighted by atomic mass is 10.1. The first-order valence-corrected chi connectivity index (χ1v) is 9.04. The Labute approximate surface area is 160 Å². The molecule has 0 saturated heterocycles. The molecule has 1 aromatic carbocycles. The second-order valence-corrected chi connectivity index (χ2v) is 7.32. The van der Waals surface area contributed by atoms with Gasteiger partial charge in [-0.1, -0.05) is 23.7 Å². The van der Waals surface area contributed by atoms with Crippen LogP contribution in [0.4, 0.5) is 10.7 Å². The summed E-state index contributed by atoms with van der Waals surface area (Å²) in [6.45, 7) is 6.44. The number of para-hydroxylation sites is 1. The Kier molecular flexibility index (Phi) is 6.39. The minimum Gasteiger partial charge on any atom is -0.449 e. The van der Waals surface area contributed by atoms with Crippen LogP contribution in [-0.2, 0) is 14.3 Å². The number of hydrogen-bond acceptors (Lipinski definition) is 5. The maximum absolute atomic E-state index is 12.5. The number of nitrogens with one attached hydrogen (secondary N) is 2. The van der Waals surface area contributed by atoms with Gasteiger partial charge in [0.15, 0.2) is 6.10 Å². The van der Waals surface area contributed by atoms with Gasteiger partial charge in [0.25, 0.3) is 5.91 Å². The lowest BCUT2D eigenvalue weighted by Crippen LogP contribution is -2.30. The number of amides is 2. The summed E-state index contributed by atoms with van der Waals surface area (Å²) in [5.74, 6) is -1.46. The highest BCUT2D eigenvalue weighted by molar-refractivity contribution is 7.16. The van der Waals surface area contributed by atoms with Gasteiger partial charge in [-0.2, -0.15) is 0 Å². The number of hydrogen-bond donors (Lipinski definition) is 2. The average molecular weight is 395 g/mol. The van der Waals surface area contributed by atoms with Crippen molar-refractivity contribution in [1.29, 1.82) is 0 Å². The van der Waals surface area contributed by atoms with Crippen LogP contribution in [0, 0.1) is 13.8 Å². The van der Waals surface area contributed by atoms with E-state index in [1.54, 1.807) is 31.2 Å². The Morgan fingerprint density at radius 3 is 2.42 bits per heavy atom. The third kappa shape index (κ3) is 4.62. The molecule has 26 heavy (non-hydrogen) atoms. The number of benzene rings is 1. The third-order valence-corrected chi connectivity index (χ3v) is 5.12. The molecule has 0 fully saturated rings. The number of esters is 1. The molecule has 2 N–H and O–H groups in total. The summed E-state index contributed by atoms with van der Waals surface area (Å²) in [6.07, 6.45) is -1.04. The van der Waals surface area contributed by atoms with E-state index in [-0.39, 0.29) is 11.5 Å². The number of carbonyl (C=O) groups is 3. The van der Waals surface area contributed by atoms with E-state index in [0.717, 1.165) is 4.88 Å². The first kappa shape index (κ1) is 19.9. The van der Waals surface area contributed by atoms with Crippen LogP contribution in [-0.4, -0.2) is 23.9 Å². The topological polar surface area (TPSA) is 84.5 Å².